The fourth-order valence-electron chi connectivity index (χ4n) is 3.16. The molecule has 0 spiro atoms. The maximum absolute atomic E-state index is 6.32. The van der Waals surface area contributed by atoms with Gasteiger partial charge in [-0.15, -0.1) is 0 Å². The van der Waals surface area contributed by atoms with E-state index >= 15 is 0 Å². The van der Waals surface area contributed by atoms with Crippen molar-refractivity contribution in [2.75, 3.05) is 13.7 Å². The van der Waals surface area contributed by atoms with E-state index in [1.165, 1.54) is 0 Å². The zero-order valence-electron chi connectivity index (χ0n) is 13.0. The summed E-state index contributed by atoms with van der Waals surface area (Å²) in [5.41, 5.74) is 0.747. The molecule has 5 heteroatoms. The first-order valence-corrected chi connectivity index (χ1v) is 7.79. The molecule has 2 atom stereocenters. The second-order valence-electron chi connectivity index (χ2n) is 6.39. The Kier molecular flexibility index (Phi) is 3.48. The zero-order chi connectivity index (χ0) is 15.2. The van der Waals surface area contributed by atoms with Crippen LogP contribution in [-0.2, 0) is 0 Å². The Hall–Kier alpha value is -1.49. The molecular weight excluding hydrogens is 284 g/mol. The smallest absolute Gasteiger partial charge is 0.184 e. The molecule has 0 saturated carbocycles. The van der Waals surface area contributed by atoms with Crippen LogP contribution < -0.4 is 14.8 Å². The summed E-state index contributed by atoms with van der Waals surface area (Å²) in [4.78, 5) is 2.18. The third kappa shape index (κ3) is 2.44. The van der Waals surface area contributed by atoms with Crippen molar-refractivity contribution in [3.05, 3.63) is 23.8 Å². The highest BCUT2D eigenvalue weighted by Crippen LogP contribution is 2.45. The molecule has 114 valence electrons. The summed E-state index contributed by atoms with van der Waals surface area (Å²) in [7, 11) is 1.68. The van der Waals surface area contributed by atoms with Gasteiger partial charge in [-0.2, -0.15) is 0 Å². The van der Waals surface area contributed by atoms with Crippen molar-refractivity contribution in [3.63, 3.8) is 0 Å². The van der Waals surface area contributed by atoms with Crippen molar-refractivity contribution in [2.24, 2.45) is 5.92 Å². The van der Waals surface area contributed by atoms with Crippen LogP contribution in [0.2, 0.25) is 0 Å². The number of nitrogens with one attached hydrogen (secondary N) is 1. The van der Waals surface area contributed by atoms with Crippen LogP contribution in [0.25, 0.3) is 0 Å². The number of hydrogen-bond acceptors (Lipinski definition) is 3. The zero-order valence-corrected chi connectivity index (χ0v) is 13.8. The summed E-state index contributed by atoms with van der Waals surface area (Å²) in [5, 5.41) is 4.23. The molecule has 1 aromatic carbocycles. The average molecular weight is 306 g/mol. The lowest BCUT2D eigenvalue weighted by atomic mass is 9.90. The van der Waals surface area contributed by atoms with Crippen LogP contribution in [0.3, 0.4) is 0 Å². The van der Waals surface area contributed by atoms with E-state index in [1.54, 1.807) is 7.11 Å². The van der Waals surface area contributed by atoms with Crippen LogP contribution in [0.1, 0.15) is 38.8 Å². The van der Waals surface area contributed by atoms with Gasteiger partial charge in [0.1, 0.15) is 11.5 Å². The van der Waals surface area contributed by atoms with Crippen LogP contribution in [0.4, 0.5) is 0 Å². The number of thiocarbonyl (C=S) groups is 1. The molecule has 0 amide bonds. The predicted molar refractivity (Wildman–Crippen MR) is 86.7 cm³/mol. The molecule has 0 radical (unpaired) electrons. The Morgan fingerprint density at radius 1 is 1.52 bits per heavy atom. The maximum atomic E-state index is 6.32. The van der Waals surface area contributed by atoms with Crippen molar-refractivity contribution >= 4 is 17.3 Å². The Morgan fingerprint density at radius 2 is 2.29 bits per heavy atom. The first-order chi connectivity index (χ1) is 9.93. The van der Waals surface area contributed by atoms with Gasteiger partial charge in [-0.1, -0.05) is 13.8 Å². The molecule has 2 unspecified atom stereocenters. The molecule has 2 heterocycles. The molecule has 1 fully saturated rings. The lowest BCUT2D eigenvalue weighted by molar-refractivity contribution is -0.0721. The van der Waals surface area contributed by atoms with E-state index in [2.05, 4.69) is 31.0 Å². The molecule has 2 bridgehead atoms. The summed E-state index contributed by atoms with van der Waals surface area (Å²) in [5.74, 6) is 2.29. The second kappa shape index (κ2) is 5.05. The Morgan fingerprint density at radius 3 is 2.95 bits per heavy atom. The molecule has 1 aromatic rings. The number of fused-ring (bicyclic) bond motifs is 4. The van der Waals surface area contributed by atoms with E-state index in [0.29, 0.717) is 5.92 Å². The van der Waals surface area contributed by atoms with Crippen LogP contribution in [0.15, 0.2) is 18.2 Å². The van der Waals surface area contributed by atoms with Gasteiger partial charge in [-0.05, 0) is 43.3 Å². The standard InChI is InChI=1S/C16H22N2O2S/c1-10(2)9-18-15(21)17-13-8-16(18,3)20-14-6-5-11(19-4)7-12(13)14/h5-7,10,13H,8-9H2,1-4H3,(H,17,21). The first-order valence-electron chi connectivity index (χ1n) is 7.38. The molecule has 2 aliphatic rings. The van der Waals surface area contributed by atoms with Gasteiger partial charge in [0, 0.05) is 18.5 Å². The van der Waals surface area contributed by atoms with Crippen molar-refractivity contribution in [1.29, 1.82) is 0 Å². The topological polar surface area (TPSA) is 33.7 Å². The Balaban J connectivity index is 1.98. The quantitative estimate of drug-likeness (QED) is 0.868. The van der Waals surface area contributed by atoms with Gasteiger partial charge in [-0.3, -0.25) is 0 Å². The lowest BCUT2D eigenvalue weighted by Crippen LogP contribution is -2.65. The SMILES string of the molecule is COc1ccc2c(c1)C1CC(C)(O2)N(CC(C)C)C(=S)N1. The minimum atomic E-state index is -0.376. The number of nitrogens with zero attached hydrogens (tertiary/aromatic N) is 1. The number of methoxy groups -OCH3 is 1. The van der Waals surface area contributed by atoms with Crippen molar-refractivity contribution in [1.82, 2.24) is 10.2 Å². The van der Waals surface area contributed by atoms with Crippen molar-refractivity contribution in [3.8, 4) is 11.5 Å². The Bertz CT molecular complexity index is 575. The molecule has 1 N–H and O–H groups in total. The fraction of sp³-hybridized carbons (Fsp3) is 0.562. The molecule has 1 saturated heterocycles. The number of ether oxygens (including phenoxy) is 2. The van der Waals surface area contributed by atoms with Gasteiger partial charge >= 0.3 is 0 Å². The van der Waals surface area contributed by atoms with Gasteiger partial charge in [0.25, 0.3) is 0 Å². The van der Waals surface area contributed by atoms with E-state index in [-0.39, 0.29) is 11.8 Å². The predicted octanol–water partition coefficient (Wildman–Crippen LogP) is 3.08. The summed E-state index contributed by atoms with van der Waals surface area (Å²) >= 11 is 5.57. The largest absolute Gasteiger partial charge is 0.497 e. The maximum Gasteiger partial charge on any atom is 0.184 e. The highest BCUT2D eigenvalue weighted by Gasteiger charge is 2.47. The van der Waals surface area contributed by atoms with Crippen LogP contribution in [-0.4, -0.2) is 29.4 Å². The third-order valence-corrected chi connectivity index (χ3v) is 4.50. The molecule has 4 nitrogen and oxygen atoms in total. The normalized spacial score (nSPS) is 27.0. The molecule has 2 aliphatic heterocycles. The lowest BCUT2D eigenvalue weighted by Gasteiger charge is -2.52. The van der Waals surface area contributed by atoms with Crippen LogP contribution in [0.5, 0.6) is 11.5 Å². The second-order valence-corrected chi connectivity index (χ2v) is 6.78. The summed E-state index contributed by atoms with van der Waals surface area (Å²) in [6.45, 7) is 7.41. The average Bonchev–Trinajstić information content (AvgIpc) is 2.42. The monoisotopic (exact) mass is 306 g/mol. The number of rotatable bonds is 3. The first kappa shape index (κ1) is 14.4. The fourth-order valence-corrected chi connectivity index (χ4v) is 3.57. The van der Waals surface area contributed by atoms with Crippen LogP contribution in [0, 0.1) is 5.92 Å². The minimum absolute atomic E-state index is 0.185. The van der Waals surface area contributed by atoms with E-state index in [1.807, 2.05) is 18.2 Å². The van der Waals surface area contributed by atoms with E-state index in [9.17, 15) is 0 Å². The van der Waals surface area contributed by atoms with E-state index in [4.69, 9.17) is 21.7 Å². The van der Waals surface area contributed by atoms with E-state index < -0.39 is 0 Å². The molecule has 3 rings (SSSR count). The third-order valence-electron chi connectivity index (χ3n) is 4.17. The molecule has 21 heavy (non-hydrogen) atoms. The highest BCUT2D eigenvalue weighted by molar-refractivity contribution is 7.80. The molecule has 0 aliphatic carbocycles. The highest BCUT2D eigenvalue weighted by atomic mass is 32.1. The summed E-state index contributed by atoms with van der Waals surface area (Å²) in [6.07, 6.45) is 0.875. The molecular formula is C16H22N2O2S. The van der Waals surface area contributed by atoms with Gasteiger partial charge in [0.15, 0.2) is 10.8 Å². The summed E-state index contributed by atoms with van der Waals surface area (Å²) in [6, 6.07) is 6.15. The summed E-state index contributed by atoms with van der Waals surface area (Å²) < 4.78 is 11.6. The minimum Gasteiger partial charge on any atom is -0.497 e. The number of hydrogen-bond donors (Lipinski definition) is 1. The Labute approximate surface area is 131 Å². The van der Waals surface area contributed by atoms with Gasteiger partial charge < -0.3 is 19.7 Å². The number of benzene rings is 1. The van der Waals surface area contributed by atoms with E-state index in [0.717, 1.165) is 35.1 Å². The molecule has 0 aromatic heterocycles. The van der Waals surface area contributed by atoms with Crippen molar-refractivity contribution < 1.29 is 9.47 Å². The van der Waals surface area contributed by atoms with Crippen molar-refractivity contribution in [2.45, 2.75) is 39.0 Å². The van der Waals surface area contributed by atoms with Gasteiger partial charge in [0.2, 0.25) is 0 Å². The van der Waals surface area contributed by atoms with Gasteiger partial charge in [-0.25, -0.2) is 0 Å². The van der Waals surface area contributed by atoms with Crippen LogP contribution >= 0.6 is 12.2 Å². The van der Waals surface area contributed by atoms with Gasteiger partial charge in [0.05, 0.1) is 13.2 Å².